The minimum atomic E-state index is -1.36. The zero-order chi connectivity index (χ0) is 15.3. The minimum absolute atomic E-state index is 0.230. The summed E-state index contributed by atoms with van der Waals surface area (Å²) in [5.41, 5.74) is 5.16. The van der Waals surface area contributed by atoms with Crippen LogP contribution in [-0.4, -0.2) is 36.0 Å². The molecule has 0 heterocycles. The summed E-state index contributed by atoms with van der Waals surface area (Å²) in [6, 6.07) is 3.16. The summed E-state index contributed by atoms with van der Waals surface area (Å²) in [4.78, 5) is 33.6. The number of primary amides is 1. The number of amides is 2. The predicted octanol–water partition coefficient (Wildman–Crippen LogP) is 0.516. The molecule has 0 radical (unpaired) electrons. The van der Waals surface area contributed by atoms with Crippen LogP contribution in [0.4, 0.5) is 0 Å². The highest BCUT2D eigenvalue weighted by Gasteiger charge is 2.23. The maximum atomic E-state index is 11.9. The summed E-state index contributed by atoms with van der Waals surface area (Å²) in [5.74, 6) is -2.23. The molecule has 0 saturated carbocycles. The summed E-state index contributed by atoms with van der Waals surface area (Å²) >= 11 is 3.22. The van der Waals surface area contributed by atoms with E-state index in [-0.39, 0.29) is 5.56 Å². The highest BCUT2D eigenvalue weighted by Crippen LogP contribution is 2.25. The van der Waals surface area contributed by atoms with Gasteiger partial charge in [-0.25, -0.2) is 4.79 Å². The smallest absolute Gasteiger partial charge is 0.326 e. The Morgan fingerprint density at radius 2 is 2.10 bits per heavy atom. The Morgan fingerprint density at radius 1 is 1.45 bits per heavy atom. The van der Waals surface area contributed by atoms with Gasteiger partial charge in [-0.3, -0.25) is 9.59 Å². The molecule has 8 heteroatoms. The number of carboxylic acid groups (broad SMARTS) is 1. The average molecular weight is 345 g/mol. The van der Waals surface area contributed by atoms with E-state index >= 15 is 0 Å². The number of hydrogen-bond acceptors (Lipinski definition) is 4. The number of carbonyl (C=O) groups is 3. The van der Waals surface area contributed by atoms with E-state index in [4.69, 9.17) is 15.6 Å². The maximum absolute atomic E-state index is 11.9. The summed E-state index contributed by atoms with van der Waals surface area (Å²) in [5, 5.41) is 11.1. The fourth-order valence-electron chi connectivity index (χ4n) is 1.45. The van der Waals surface area contributed by atoms with Crippen LogP contribution in [0.1, 0.15) is 16.8 Å². The van der Waals surface area contributed by atoms with E-state index in [2.05, 4.69) is 21.2 Å². The van der Waals surface area contributed by atoms with Gasteiger partial charge in [0.05, 0.1) is 18.0 Å². The summed E-state index contributed by atoms with van der Waals surface area (Å²) in [6.07, 6.45) is -0.474. The Hall–Kier alpha value is -2.09. The van der Waals surface area contributed by atoms with E-state index in [1.54, 1.807) is 6.07 Å². The molecule has 0 aliphatic heterocycles. The highest BCUT2D eigenvalue weighted by atomic mass is 79.9. The standard InChI is InChI=1S/C12H13BrN2O5/c1-20-9-3-2-6(4-7(9)13)11(17)15-8(12(18)19)5-10(14)16/h2-4,8H,5H2,1H3,(H2,14,16)(H,15,17)(H,18,19)/t8-/m0/s1. The number of ether oxygens (including phenoxy) is 1. The molecule has 1 aromatic rings. The van der Waals surface area contributed by atoms with Gasteiger partial charge in [0.15, 0.2) is 0 Å². The van der Waals surface area contributed by atoms with Crippen LogP contribution >= 0.6 is 15.9 Å². The second kappa shape index (κ2) is 6.90. The third-order valence-corrected chi connectivity index (χ3v) is 3.04. The Morgan fingerprint density at radius 3 is 2.55 bits per heavy atom. The van der Waals surface area contributed by atoms with E-state index in [1.807, 2.05) is 0 Å². The van der Waals surface area contributed by atoms with E-state index in [0.717, 1.165) is 0 Å². The molecule has 0 aromatic heterocycles. The van der Waals surface area contributed by atoms with Crippen molar-refractivity contribution in [2.45, 2.75) is 12.5 Å². The van der Waals surface area contributed by atoms with Crippen molar-refractivity contribution in [3.05, 3.63) is 28.2 Å². The topological polar surface area (TPSA) is 119 Å². The van der Waals surface area contributed by atoms with E-state index in [0.29, 0.717) is 10.2 Å². The number of hydrogen-bond donors (Lipinski definition) is 3. The Kier molecular flexibility index (Phi) is 5.51. The van der Waals surface area contributed by atoms with Gasteiger partial charge < -0.3 is 20.9 Å². The minimum Gasteiger partial charge on any atom is -0.496 e. The Bertz CT molecular complexity index is 547. The van der Waals surface area contributed by atoms with E-state index in [1.165, 1.54) is 19.2 Å². The summed E-state index contributed by atoms with van der Waals surface area (Å²) in [6.45, 7) is 0. The van der Waals surface area contributed by atoms with Crippen LogP contribution in [0.15, 0.2) is 22.7 Å². The normalized spacial score (nSPS) is 11.5. The van der Waals surface area contributed by atoms with Gasteiger partial charge in [-0.1, -0.05) is 0 Å². The molecular formula is C12H13BrN2O5. The van der Waals surface area contributed by atoms with Crippen LogP contribution in [0.5, 0.6) is 5.75 Å². The first-order chi connectivity index (χ1) is 9.35. The molecule has 0 unspecified atom stereocenters. The van der Waals surface area contributed by atoms with Crippen LogP contribution in [0.25, 0.3) is 0 Å². The van der Waals surface area contributed by atoms with Crippen molar-refractivity contribution < 1.29 is 24.2 Å². The zero-order valence-electron chi connectivity index (χ0n) is 10.6. The second-order valence-electron chi connectivity index (χ2n) is 3.88. The molecule has 0 saturated heterocycles. The molecule has 108 valence electrons. The largest absolute Gasteiger partial charge is 0.496 e. The first-order valence-electron chi connectivity index (χ1n) is 5.50. The number of carbonyl (C=O) groups excluding carboxylic acids is 2. The molecule has 2 amide bonds. The lowest BCUT2D eigenvalue weighted by Crippen LogP contribution is -2.43. The van der Waals surface area contributed by atoms with Crippen LogP contribution in [0.3, 0.4) is 0 Å². The van der Waals surface area contributed by atoms with Gasteiger partial charge in [0, 0.05) is 5.56 Å². The molecular weight excluding hydrogens is 332 g/mol. The Labute approximate surface area is 123 Å². The van der Waals surface area contributed by atoms with E-state index in [9.17, 15) is 14.4 Å². The molecule has 1 atom stereocenters. The number of halogens is 1. The third-order valence-electron chi connectivity index (χ3n) is 2.42. The van der Waals surface area contributed by atoms with Crippen molar-refractivity contribution in [3.63, 3.8) is 0 Å². The first-order valence-corrected chi connectivity index (χ1v) is 6.30. The number of nitrogens with two attached hydrogens (primary N) is 1. The van der Waals surface area contributed by atoms with Crippen molar-refractivity contribution in [1.82, 2.24) is 5.32 Å². The van der Waals surface area contributed by atoms with Crippen LogP contribution in [0.2, 0.25) is 0 Å². The van der Waals surface area contributed by atoms with Gasteiger partial charge in [0.25, 0.3) is 5.91 Å². The lowest BCUT2D eigenvalue weighted by molar-refractivity contribution is -0.140. The van der Waals surface area contributed by atoms with Gasteiger partial charge in [0.1, 0.15) is 11.8 Å². The molecule has 0 fully saturated rings. The van der Waals surface area contributed by atoms with Crippen molar-refractivity contribution in [3.8, 4) is 5.75 Å². The van der Waals surface area contributed by atoms with Crippen molar-refractivity contribution in [2.75, 3.05) is 7.11 Å². The number of rotatable bonds is 6. The molecule has 0 aliphatic rings. The second-order valence-corrected chi connectivity index (χ2v) is 4.74. The monoisotopic (exact) mass is 344 g/mol. The number of aliphatic carboxylic acids is 1. The molecule has 1 rings (SSSR count). The van der Waals surface area contributed by atoms with E-state index < -0.39 is 30.2 Å². The molecule has 4 N–H and O–H groups in total. The third kappa shape index (κ3) is 4.23. The fraction of sp³-hybridized carbons (Fsp3) is 0.250. The molecule has 0 aliphatic carbocycles. The maximum Gasteiger partial charge on any atom is 0.326 e. The quantitative estimate of drug-likeness (QED) is 0.694. The molecule has 20 heavy (non-hydrogen) atoms. The molecule has 1 aromatic carbocycles. The predicted molar refractivity (Wildman–Crippen MR) is 73.4 cm³/mol. The van der Waals surface area contributed by atoms with Gasteiger partial charge >= 0.3 is 5.97 Å². The lowest BCUT2D eigenvalue weighted by atomic mass is 10.1. The lowest BCUT2D eigenvalue weighted by Gasteiger charge is -2.13. The fourth-order valence-corrected chi connectivity index (χ4v) is 1.99. The molecule has 0 bridgehead atoms. The summed E-state index contributed by atoms with van der Waals surface area (Å²) < 4.78 is 5.57. The Balaban J connectivity index is 2.86. The zero-order valence-corrected chi connectivity index (χ0v) is 12.1. The van der Waals surface area contributed by atoms with Gasteiger partial charge in [-0.05, 0) is 34.1 Å². The summed E-state index contributed by atoms with van der Waals surface area (Å²) in [7, 11) is 1.48. The van der Waals surface area contributed by atoms with Crippen molar-refractivity contribution >= 4 is 33.7 Å². The van der Waals surface area contributed by atoms with Gasteiger partial charge in [-0.15, -0.1) is 0 Å². The first kappa shape index (κ1) is 16.0. The molecule has 7 nitrogen and oxygen atoms in total. The average Bonchev–Trinajstić information content (AvgIpc) is 2.37. The number of methoxy groups -OCH3 is 1. The SMILES string of the molecule is COc1ccc(C(=O)N[C@@H](CC(N)=O)C(=O)O)cc1Br. The molecule has 0 spiro atoms. The van der Waals surface area contributed by atoms with Crippen LogP contribution in [-0.2, 0) is 9.59 Å². The van der Waals surface area contributed by atoms with Crippen LogP contribution in [0, 0.1) is 0 Å². The van der Waals surface area contributed by atoms with Crippen LogP contribution < -0.4 is 15.8 Å². The van der Waals surface area contributed by atoms with Gasteiger partial charge in [-0.2, -0.15) is 0 Å². The van der Waals surface area contributed by atoms with Crippen molar-refractivity contribution in [2.24, 2.45) is 5.73 Å². The highest BCUT2D eigenvalue weighted by molar-refractivity contribution is 9.10. The number of carboxylic acids is 1. The van der Waals surface area contributed by atoms with Gasteiger partial charge in [0.2, 0.25) is 5.91 Å². The number of nitrogens with one attached hydrogen (secondary N) is 1. The van der Waals surface area contributed by atoms with Crippen molar-refractivity contribution in [1.29, 1.82) is 0 Å². The number of benzene rings is 1.